The summed E-state index contributed by atoms with van der Waals surface area (Å²) in [6.45, 7) is 4.44. The lowest BCUT2D eigenvalue weighted by molar-refractivity contribution is 0.149. The number of aliphatic hydroxyl groups excluding tert-OH is 1. The number of rotatable bonds is 6. The Hall–Kier alpha value is -0.870. The molecule has 0 aliphatic heterocycles. The summed E-state index contributed by atoms with van der Waals surface area (Å²) in [7, 11) is 0. The maximum Gasteiger partial charge on any atom is 0.0948 e. The van der Waals surface area contributed by atoms with Gasteiger partial charge in [0.05, 0.1) is 12.9 Å². The van der Waals surface area contributed by atoms with Crippen LogP contribution in [-0.2, 0) is 0 Å². The average Bonchev–Trinajstić information content (AvgIpc) is 2.88. The van der Waals surface area contributed by atoms with Crippen molar-refractivity contribution in [2.75, 3.05) is 6.61 Å². The predicted octanol–water partition coefficient (Wildman–Crippen LogP) is 1.34. The SMILES string of the molecule is CC(CC(C)(CO)NC1CC1)n1ccnc1. The third-order valence-electron chi connectivity index (χ3n) is 3.26. The summed E-state index contributed by atoms with van der Waals surface area (Å²) in [5.41, 5.74) is -0.176. The molecule has 2 N–H and O–H groups in total. The quantitative estimate of drug-likeness (QED) is 0.765. The first-order valence-corrected chi connectivity index (χ1v) is 5.99. The van der Waals surface area contributed by atoms with Crippen LogP contribution in [0.1, 0.15) is 39.2 Å². The molecule has 4 nitrogen and oxygen atoms in total. The topological polar surface area (TPSA) is 50.1 Å². The molecule has 1 aliphatic rings. The van der Waals surface area contributed by atoms with Crippen molar-refractivity contribution in [3.8, 4) is 0 Å². The van der Waals surface area contributed by atoms with Crippen LogP contribution in [-0.4, -0.2) is 32.8 Å². The Bertz CT molecular complexity index is 321. The van der Waals surface area contributed by atoms with Gasteiger partial charge in [-0.05, 0) is 33.1 Å². The lowest BCUT2D eigenvalue weighted by Gasteiger charge is -2.32. The van der Waals surface area contributed by atoms with E-state index in [0.29, 0.717) is 12.1 Å². The van der Waals surface area contributed by atoms with Crippen molar-refractivity contribution in [1.29, 1.82) is 0 Å². The molecule has 90 valence electrons. The van der Waals surface area contributed by atoms with Crippen LogP contribution in [0.4, 0.5) is 0 Å². The molecule has 0 aromatic carbocycles. The third-order valence-corrected chi connectivity index (χ3v) is 3.26. The second kappa shape index (κ2) is 4.55. The van der Waals surface area contributed by atoms with E-state index in [9.17, 15) is 5.11 Å². The summed E-state index contributed by atoms with van der Waals surface area (Å²) in [5, 5.41) is 13.0. The van der Waals surface area contributed by atoms with E-state index in [-0.39, 0.29) is 12.1 Å². The summed E-state index contributed by atoms with van der Waals surface area (Å²) in [6, 6.07) is 0.970. The molecule has 2 unspecified atom stereocenters. The molecule has 1 aromatic heterocycles. The fraction of sp³-hybridized carbons (Fsp3) is 0.750. The summed E-state index contributed by atoms with van der Waals surface area (Å²) in [4.78, 5) is 4.05. The molecule has 0 radical (unpaired) electrons. The minimum Gasteiger partial charge on any atom is -0.394 e. The van der Waals surface area contributed by atoms with E-state index in [4.69, 9.17) is 0 Å². The molecular weight excluding hydrogens is 202 g/mol. The molecule has 2 atom stereocenters. The minimum atomic E-state index is -0.176. The van der Waals surface area contributed by atoms with Gasteiger partial charge in [-0.2, -0.15) is 0 Å². The molecular formula is C12H21N3O. The zero-order valence-corrected chi connectivity index (χ0v) is 10.1. The van der Waals surface area contributed by atoms with Crippen LogP contribution in [0.15, 0.2) is 18.7 Å². The summed E-state index contributed by atoms with van der Waals surface area (Å²) < 4.78 is 2.09. The summed E-state index contributed by atoms with van der Waals surface area (Å²) in [6.07, 6.45) is 9.00. The first kappa shape index (κ1) is 11.6. The number of hydrogen-bond acceptors (Lipinski definition) is 3. The predicted molar refractivity (Wildman–Crippen MR) is 63.2 cm³/mol. The normalized spacial score (nSPS) is 21.7. The molecule has 1 aromatic rings. The van der Waals surface area contributed by atoms with E-state index in [2.05, 4.69) is 28.7 Å². The van der Waals surface area contributed by atoms with Crippen LogP contribution in [0.25, 0.3) is 0 Å². The number of aromatic nitrogens is 2. The van der Waals surface area contributed by atoms with Crippen LogP contribution < -0.4 is 5.32 Å². The number of nitrogens with zero attached hydrogens (tertiary/aromatic N) is 2. The van der Waals surface area contributed by atoms with Gasteiger partial charge in [-0.3, -0.25) is 0 Å². The van der Waals surface area contributed by atoms with Crippen molar-refractivity contribution < 1.29 is 5.11 Å². The van der Waals surface area contributed by atoms with Gasteiger partial charge >= 0.3 is 0 Å². The Morgan fingerprint density at radius 3 is 2.88 bits per heavy atom. The van der Waals surface area contributed by atoms with E-state index in [1.807, 2.05) is 12.5 Å². The van der Waals surface area contributed by atoms with Crippen LogP contribution in [0.3, 0.4) is 0 Å². The second-order valence-electron chi connectivity index (χ2n) is 5.20. The van der Waals surface area contributed by atoms with Gasteiger partial charge in [0.15, 0.2) is 0 Å². The summed E-state index contributed by atoms with van der Waals surface area (Å²) >= 11 is 0. The van der Waals surface area contributed by atoms with Gasteiger partial charge in [-0.25, -0.2) is 4.98 Å². The summed E-state index contributed by atoms with van der Waals surface area (Å²) in [5.74, 6) is 0. The van der Waals surface area contributed by atoms with Gasteiger partial charge in [0.25, 0.3) is 0 Å². The Kier molecular flexibility index (Phi) is 3.30. The Labute approximate surface area is 96.7 Å². The molecule has 0 spiro atoms. The van der Waals surface area contributed by atoms with Gasteiger partial charge in [0, 0.05) is 30.0 Å². The fourth-order valence-electron chi connectivity index (χ4n) is 2.18. The van der Waals surface area contributed by atoms with Crippen molar-refractivity contribution in [3.63, 3.8) is 0 Å². The monoisotopic (exact) mass is 223 g/mol. The zero-order chi connectivity index (χ0) is 11.6. The van der Waals surface area contributed by atoms with Crippen LogP contribution in [0, 0.1) is 0 Å². The molecule has 1 fully saturated rings. The van der Waals surface area contributed by atoms with E-state index in [0.717, 1.165) is 6.42 Å². The van der Waals surface area contributed by atoms with Crippen molar-refractivity contribution in [1.82, 2.24) is 14.9 Å². The van der Waals surface area contributed by atoms with Crippen molar-refractivity contribution in [3.05, 3.63) is 18.7 Å². The van der Waals surface area contributed by atoms with Crippen LogP contribution in [0.2, 0.25) is 0 Å². The lowest BCUT2D eigenvalue weighted by Crippen LogP contribution is -2.48. The van der Waals surface area contributed by atoms with Gasteiger partial charge in [0.2, 0.25) is 0 Å². The number of hydrogen-bond donors (Lipinski definition) is 2. The molecule has 1 heterocycles. The maximum atomic E-state index is 9.52. The molecule has 0 saturated heterocycles. The number of imidazole rings is 1. The van der Waals surface area contributed by atoms with E-state index >= 15 is 0 Å². The zero-order valence-electron chi connectivity index (χ0n) is 10.1. The minimum absolute atomic E-state index is 0.176. The first-order chi connectivity index (χ1) is 7.63. The molecule has 16 heavy (non-hydrogen) atoms. The molecule has 2 rings (SSSR count). The Morgan fingerprint density at radius 1 is 1.62 bits per heavy atom. The second-order valence-corrected chi connectivity index (χ2v) is 5.20. The lowest BCUT2D eigenvalue weighted by atomic mass is 9.94. The molecule has 0 bridgehead atoms. The third kappa shape index (κ3) is 2.83. The standard InChI is InChI=1S/C12H21N3O/c1-10(15-6-5-13-9-15)7-12(2,8-16)14-11-3-4-11/h5-6,9-11,14,16H,3-4,7-8H2,1-2H3. The molecule has 1 saturated carbocycles. The van der Waals surface area contributed by atoms with E-state index in [1.54, 1.807) is 6.20 Å². The Morgan fingerprint density at radius 2 is 2.38 bits per heavy atom. The smallest absolute Gasteiger partial charge is 0.0948 e. The first-order valence-electron chi connectivity index (χ1n) is 5.99. The van der Waals surface area contributed by atoms with E-state index in [1.165, 1.54) is 12.8 Å². The van der Waals surface area contributed by atoms with Crippen LogP contribution >= 0.6 is 0 Å². The Balaban J connectivity index is 1.94. The van der Waals surface area contributed by atoms with Gasteiger partial charge in [0.1, 0.15) is 0 Å². The van der Waals surface area contributed by atoms with Crippen LogP contribution in [0.5, 0.6) is 0 Å². The van der Waals surface area contributed by atoms with Gasteiger partial charge in [-0.1, -0.05) is 0 Å². The fourth-order valence-corrected chi connectivity index (χ4v) is 2.18. The number of aliphatic hydroxyl groups is 1. The number of nitrogens with one attached hydrogen (secondary N) is 1. The highest BCUT2D eigenvalue weighted by molar-refractivity contribution is 4.94. The molecule has 1 aliphatic carbocycles. The maximum absolute atomic E-state index is 9.52. The van der Waals surface area contributed by atoms with Crippen molar-refractivity contribution in [2.24, 2.45) is 0 Å². The highest BCUT2D eigenvalue weighted by Gasteiger charge is 2.33. The highest BCUT2D eigenvalue weighted by atomic mass is 16.3. The van der Waals surface area contributed by atoms with Gasteiger partial charge < -0.3 is 15.0 Å². The molecule has 4 heteroatoms. The van der Waals surface area contributed by atoms with E-state index < -0.39 is 0 Å². The average molecular weight is 223 g/mol. The highest BCUT2D eigenvalue weighted by Crippen LogP contribution is 2.27. The molecule has 0 amide bonds. The van der Waals surface area contributed by atoms with Crippen molar-refractivity contribution >= 4 is 0 Å². The largest absolute Gasteiger partial charge is 0.394 e. The van der Waals surface area contributed by atoms with Crippen molar-refractivity contribution in [2.45, 2.75) is 50.7 Å². The van der Waals surface area contributed by atoms with Gasteiger partial charge in [-0.15, -0.1) is 0 Å².